The van der Waals surface area contributed by atoms with Crippen molar-refractivity contribution in [2.45, 2.75) is 19.9 Å². The molecule has 0 radical (unpaired) electrons. The van der Waals surface area contributed by atoms with Gasteiger partial charge in [0.2, 0.25) is 5.91 Å². The summed E-state index contributed by atoms with van der Waals surface area (Å²) in [5.74, 6) is 0.596. The molecule has 0 spiro atoms. The topological polar surface area (TPSA) is 58.6 Å². The molecule has 18 heavy (non-hydrogen) atoms. The standard InChI is InChI=1S/C14H19NO3/c1-3-18-13-7-4-12(5-8-13)6-9-14(17)15-11(2)10-16/h4-9,11,16H,3,10H2,1-2H3,(H,15,17)/t11-/m0/s1. The highest BCUT2D eigenvalue weighted by molar-refractivity contribution is 5.91. The van der Waals surface area contributed by atoms with E-state index in [1.807, 2.05) is 31.2 Å². The maximum absolute atomic E-state index is 11.4. The minimum atomic E-state index is -0.234. The number of ether oxygens (including phenoxy) is 1. The van der Waals surface area contributed by atoms with Crippen LogP contribution in [0.3, 0.4) is 0 Å². The molecular weight excluding hydrogens is 230 g/mol. The van der Waals surface area contributed by atoms with Gasteiger partial charge < -0.3 is 15.2 Å². The Morgan fingerprint density at radius 3 is 2.67 bits per heavy atom. The number of hydrogen-bond acceptors (Lipinski definition) is 3. The van der Waals surface area contributed by atoms with E-state index in [0.29, 0.717) is 6.61 Å². The van der Waals surface area contributed by atoms with Crippen LogP contribution in [0.1, 0.15) is 19.4 Å². The van der Waals surface area contributed by atoms with Crippen molar-refractivity contribution in [3.63, 3.8) is 0 Å². The van der Waals surface area contributed by atoms with Gasteiger partial charge in [-0.05, 0) is 37.6 Å². The third kappa shape index (κ3) is 5.01. The zero-order valence-electron chi connectivity index (χ0n) is 10.7. The number of aliphatic hydroxyl groups excluding tert-OH is 1. The summed E-state index contributed by atoms with van der Waals surface area (Å²) in [7, 11) is 0. The molecule has 0 bridgehead atoms. The number of aliphatic hydroxyl groups is 1. The van der Waals surface area contributed by atoms with Crippen LogP contribution in [0.2, 0.25) is 0 Å². The Balaban J connectivity index is 2.53. The molecule has 1 aromatic carbocycles. The highest BCUT2D eigenvalue weighted by Crippen LogP contribution is 2.12. The van der Waals surface area contributed by atoms with E-state index < -0.39 is 0 Å². The fourth-order valence-corrected chi connectivity index (χ4v) is 1.35. The summed E-state index contributed by atoms with van der Waals surface area (Å²) in [6.07, 6.45) is 3.16. The van der Waals surface area contributed by atoms with Crippen molar-refractivity contribution in [3.05, 3.63) is 35.9 Å². The second kappa shape index (κ2) is 7.50. The lowest BCUT2D eigenvalue weighted by Gasteiger charge is -2.07. The summed E-state index contributed by atoms with van der Waals surface area (Å²) in [6, 6.07) is 7.24. The molecule has 0 aliphatic rings. The Labute approximate surface area is 107 Å². The van der Waals surface area contributed by atoms with Crippen LogP contribution >= 0.6 is 0 Å². The quantitative estimate of drug-likeness (QED) is 0.753. The normalized spacial score (nSPS) is 12.4. The lowest BCUT2D eigenvalue weighted by molar-refractivity contribution is -0.117. The van der Waals surface area contributed by atoms with Crippen molar-refractivity contribution in [2.75, 3.05) is 13.2 Å². The number of carbonyl (C=O) groups excluding carboxylic acids is 1. The zero-order chi connectivity index (χ0) is 13.4. The van der Waals surface area contributed by atoms with Crippen LogP contribution in [-0.4, -0.2) is 30.3 Å². The van der Waals surface area contributed by atoms with Crippen LogP contribution < -0.4 is 10.1 Å². The van der Waals surface area contributed by atoms with Gasteiger partial charge in [0, 0.05) is 12.1 Å². The second-order valence-electron chi connectivity index (χ2n) is 3.93. The van der Waals surface area contributed by atoms with E-state index >= 15 is 0 Å². The molecule has 0 aliphatic heterocycles. The van der Waals surface area contributed by atoms with Crippen LogP contribution in [0.5, 0.6) is 5.75 Å². The number of amides is 1. The SMILES string of the molecule is CCOc1ccc(C=CC(=O)N[C@@H](C)CO)cc1. The Morgan fingerprint density at radius 2 is 2.11 bits per heavy atom. The molecule has 98 valence electrons. The summed E-state index contributed by atoms with van der Waals surface area (Å²) in [5.41, 5.74) is 0.922. The van der Waals surface area contributed by atoms with Gasteiger partial charge in [-0.25, -0.2) is 0 Å². The summed E-state index contributed by atoms with van der Waals surface area (Å²) >= 11 is 0. The third-order valence-corrected chi connectivity index (χ3v) is 2.28. The predicted octanol–water partition coefficient (Wildman–Crippen LogP) is 1.60. The molecule has 0 heterocycles. The summed E-state index contributed by atoms with van der Waals surface area (Å²) < 4.78 is 5.32. The first-order valence-electron chi connectivity index (χ1n) is 5.98. The van der Waals surface area contributed by atoms with Gasteiger partial charge in [0.1, 0.15) is 5.75 Å². The molecule has 0 aliphatic carbocycles. The molecule has 1 amide bonds. The lowest BCUT2D eigenvalue weighted by atomic mass is 10.2. The van der Waals surface area contributed by atoms with Crippen molar-refractivity contribution >= 4 is 12.0 Å². The summed E-state index contributed by atoms with van der Waals surface area (Å²) in [6.45, 7) is 4.24. The fraction of sp³-hybridized carbons (Fsp3) is 0.357. The van der Waals surface area contributed by atoms with Crippen molar-refractivity contribution in [1.82, 2.24) is 5.32 Å². The van der Waals surface area contributed by atoms with Gasteiger partial charge in [0.05, 0.1) is 13.2 Å². The molecule has 1 rings (SSSR count). The van der Waals surface area contributed by atoms with E-state index in [9.17, 15) is 4.79 Å². The average Bonchev–Trinajstić information content (AvgIpc) is 2.38. The van der Waals surface area contributed by atoms with E-state index in [2.05, 4.69) is 5.32 Å². The lowest BCUT2D eigenvalue weighted by Crippen LogP contribution is -2.33. The van der Waals surface area contributed by atoms with Crippen LogP contribution in [0.4, 0.5) is 0 Å². The van der Waals surface area contributed by atoms with Crippen molar-refractivity contribution in [1.29, 1.82) is 0 Å². The van der Waals surface area contributed by atoms with Gasteiger partial charge in [-0.15, -0.1) is 0 Å². The fourth-order valence-electron chi connectivity index (χ4n) is 1.35. The molecule has 4 nitrogen and oxygen atoms in total. The van der Waals surface area contributed by atoms with Crippen LogP contribution in [0.25, 0.3) is 6.08 Å². The second-order valence-corrected chi connectivity index (χ2v) is 3.93. The first-order valence-corrected chi connectivity index (χ1v) is 5.98. The Bertz CT molecular complexity index is 398. The van der Waals surface area contributed by atoms with Gasteiger partial charge in [-0.2, -0.15) is 0 Å². The first kappa shape index (κ1) is 14.3. The monoisotopic (exact) mass is 249 g/mol. The molecule has 0 saturated carbocycles. The molecule has 1 atom stereocenters. The Kier molecular flexibility index (Phi) is 5.94. The van der Waals surface area contributed by atoms with E-state index in [0.717, 1.165) is 11.3 Å². The van der Waals surface area contributed by atoms with E-state index in [-0.39, 0.29) is 18.6 Å². The van der Waals surface area contributed by atoms with E-state index in [4.69, 9.17) is 9.84 Å². The van der Waals surface area contributed by atoms with Crippen molar-refractivity contribution in [3.8, 4) is 5.75 Å². The number of nitrogens with one attached hydrogen (secondary N) is 1. The third-order valence-electron chi connectivity index (χ3n) is 2.28. The van der Waals surface area contributed by atoms with E-state index in [1.54, 1.807) is 13.0 Å². The predicted molar refractivity (Wildman–Crippen MR) is 71.3 cm³/mol. The van der Waals surface area contributed by atoms with Gasteiger partial charge in [-0.1, -0.05) is 12.1 Å². The van der Waals surface area contributed by atoms with Gasteiger partial charge in [0.25, 0.3) is 0 Å². The van der Waals surface area contributed by atoms with Crippen molar-refractivity contribution < 1.29 is 14.6 Å². The Hall–Kier alpha value is -1.81. The average molecular weight is 249 g/mol. The minimum Gasteiger partial charge on any atom is -0.494 e. The zero-order valence-corrected chi connectivity index (χ0v) is 10.7. The highest BCUT2D eigenvalue weighted by atomic mass is 16.5. The molecule has 0 aromatic heterocycles. The molecule has 1 aromatic rings. The summed E-state index contributed by atoms with van der Waals surface area (Å²) in [4.78, 5) is 11.4. The number of carbonyl (C=O) groups is 1. The maximum atomic E-state index is 11.4. The number of hydrogen-bond donors (Lipinski definition) is 2. The largest absolute Gasteiger partial charge is 0.494 e. The van der Waals surface area contributed by atoms with Crippen molar-refractivity contribution in [2.24, 2.45) is 0 Å². The summed E-state index contributed by atoms with van der Waals surface area (Å²) in [5, 5.41) is 11.4. The Morgan fingerprint density at radius 1 is 1.44 bits per heavy atom. The van der Waals surface area contributed by atoms with E-state index in [1.165, 1.54) is 6.08 Å². The number of benzene rings is 1. The first-order chi connectivity index (χ1) is 8.65. The van der Waals surface area contributed by atoms with Crippen LogP contribution in [0, 0.1) is 0 Å². The smallest absolute Gasteiger partial charge is 0.244 e. The van der Waals surface area contributed by atoms with Gasteiger partial charge in [-0.3, -0.25) is 4.79 Å². The number of rotatable bonds is 6. The molecule has 0 unspecified atom stereocenters. The molecule has 4 heteroatoms. The molecular formula is C14H19NO3. The molecule has 0 fully saturated rings. The van der Waals surface area contributed by atoms with Crippen LogP contribution in [0.15, 0.2) is 30.3 Å². The highest BCUT2D eigenvalue weighted by Gasteiger charge is 2.01. The molecule has 2 N–H and O–H groups in total. The minimum absolute atomic E-state index is 0.0668. The van der Waals surface area contributed by atoms with Gasteiger partial charge in [0.15, 0.2) is 0 Å². The van der Waals surface area contributed by atoms with Gasteiger partial charge >= 0.3 is 0 Å². The van der Waals surface area contributed by atoms with Crippen LogP contribution in [-0.2, 0) is 4.79 Å². The molecule has 0 saturated heterocycles. The maximum Gasteiger partial charge on any atom is 0.244 e.